The first kappa shape index (κ1) is 13.5. The summed E-state index contributed by atoms with van der Waals surface area (Å²) in [7, 11) is 0. The van der Waals surface area contributed by atoms with Crippen molar-refractivity contribution in [2.24, 2.45) is 0 Å². The maximum atomic E-state index is 12.3. The molecule has 6 heteroatoms. The maximum absolute atomic E-state index is 12.3. The molecule has 1 aromatic carbocycles. The Bertz CT molecular complexity index is 541. The molecule has 5 nitrogen and oxygen atoms in total. The molecule has 1 aromatic rings. The summed E-state index contributed by atoms with van der Waals surface area (Å²) < 4.78 is 0. The minimum Gasteiger partial charge on any atom is -0.332 e. The minimum atomic E-state index is -0.539. The van der Waals surface area contributed by atoms with Crippen molar-refractivity contribution in [3.8, 4) is 0 Å². The first-order valence-corrected chi connectivity index (χ1v) is 6.28. The zero-order valence-corrected chi connectivity index (χ0v) is 11.0. The Kier molecular flexibility index (Phi) is 3.85. The molecule has 0 N–H and O–H groups in total. The molecule has 0 aromatic heterocycles. The van der Waals surface area contributed by atoms with Crippen LogP contribution in [-0.4, -0.2) is 28.3 Å². The molecule has 0 spiro atoms. The van der Waals surface area contributed by atoms with Crippen molar-refractivity contribution in [1.29, 1.82) is 0 Å². The Balaban J connectivity index is 2.27. The molecule has 0 atom stereocenters. The van der Waals surface area contributed by atoms with E-state index in [0.29, 0.717) is 12.1 Å². The number of hydrogen-bond acceptors (Lipinski definition) is 3. The van der Waals surface area contributed by atoms with Gasteiger partial charge in [-0.3, -0.25) is 14.9 Å². The number of hydrogen-bond donors (Lipinski definition) is 0. The summed E-state index contributed by atoms with van der Waals surface area (Å²) in [4.78, 5) is 24.1. The van der Waals surface area contributed by atoms with E-state index in [9.17, 15) is 14.9 Å². The summed E-state index contributed by atoms with van der Waals surface area (Å²) in [6.45, 7) is 4.09. The summed E-state index contributed by atoms with van der Waals surface area (Å²) in [5.74, 6) is -0.206. The van der Waals surface area contributed by atoms with Crippen LogP contribution in [0.2, 0.25) is 5.02 Å². The van der Waals surface area contributed by atoms with Gasteiger partial charge in [-0.1, -0.05) is 17.7 Å². The quantitative estimate of drug-likeness (QED) is 0.473. The van der Waals surface area contributed by atoms with Crippen molar-refractivity contribution in [2.75, 3.05) is 6.54 Å². The number of non-ortho nitro benzene ring substituents is 1. The topological polar surface area (TPSA) is 63.5 Å². The molecule has 1 fully saturated rings. The fraction of sp³-hybridized carbons (Fsp3) is 0.308. The number of amides is 1. The SMILES string of the molecule is C=CCN(C(=O)c1ccc([N+](=O)[O-])cc1Cl)C1CC1. The molecular formula is C13H13ClN2O3. The van der Waals surface area contributed by atoms with Gasteiger partial charge in [0.05, 0.1) is 15.5 Å². The van der Waals surface area contributed by atoms with Gasteiger partial charge in [-0.05, 0) is 18.9 Å². The Morgan fingerprint density at radius 3 is 2.74 bits per heavy atom. The zero-order valence-electron chi connectivity index (χ0n) is 10.2. The first-order valence-electron chi connectivity index (χ1n) is 5.90. The zero-order chi connectivity index (χ0) is 14.0. The summed E-state index contributed by atoms with van der Waals surface area (Å²) in [5.41, 5.74) is 0.171. The van der Waals surface area contributed by atoms with E-state index in [4.69, 9.17) is 11.6 Å². The van der Waals surface area contributed by atoms with Crippen molar-refractivity contribution in [3.05, 3.63) is 51.6 Å². The summed E-state index contributed by atoms with van der Waals surface area (Å²) in [6.07, 6.45) is 3.61. The van der Waals surface area contributed by atoms with Crippen LogP contribution in [0, 0.1) is 10.1 Å². The van der Waals surface area contributed by atoms with E-state index < -0.39 is 4.92 Å². The third-order valence-corrected chi connectivity index (χ3v) is 3.28. The number of carbonyl (C=O) groups excluding carboxylic acids is 1. The van der Waals surface area contributed by atoms with Crippen molar-refractivity contribution in [3.63, 3.8) is 0 Å². The van der Waals surface area contributed by atoms with Gasteiger partial charge in [0.15, 0.2) is 0 Å². The highest BCUT2D eigenvalue weighted by Gasteiger charge is 2.33. The van der Waals surface area contributed by atoms with E-state index >= 15 is 0 Å². The van der Waals surface area contributed by atoms with Gasteiger partial charge in [-0.25, -0.2) is 0 Å². The van der Waals surface area contributed by atoms with Crippen LogP contribution < -0.4 is 0 Å². The molecule has 1 aliphatic carbocycles. The second-order valence-electron chi connectivity index (χ2n) is 4.40. The van der Waals surface area contributed by atoms with Crippen LogP contribution in [0.5, 0.6) is 0 Å². The lowest BCUT2D eigenvalue weighted by Gasteiger charge is -2.21. The Morgan fingerprint density at radius 2 is 2.26 bits per heavy atom. The molecule has 2 rings (SSSR count). The van der Waals surface area contributed by atoms with Crippen molar-refractivity contribution in [1.82, 2.24) is 4.90 Å². The lowest BCUT2D eigenvalue weighted by Crippen LogP contribution is -2.33. The maximum Gasteiger partial charge on any atom is 0.270 e. The third kappa shape index (κ3) is 2.93. The van der Waals surface area contributed by atoms with E-state index in [2.05, 4.69) is 6.58 Å². The van der Waals surface area contributed by atoms with E-state index in [1.807, 2.05) is 0 Å². The smallest absolute Gasteiger partial charge is 0.270 e. The van der Waals surface area contributed by atoms with Crippen LogP contribution in [-0.2, 0) is 0 Å². The predicted molar refractivity (Wildman–Crippen MR) is 72.4 cm³/mol. The molecule has 1 amide bonds. The predicted octanol–water partition coefficient (Wildman–Crippen LogP) is 3.04. The average Bonchev–Trinajstić information content (AvgIpc) is 3.19. The molecule has 0 heterocycles. The van der Waals surface area contributed by atoms with Crippen LogP contribution in [0.1, 0.15) is 23.2 Å². The van der Waals surface area contributed by atoms with Gasteiger partial charge >= 0.3 is 0 Å². The highest BCUT2D eigenvalue weighted by Crippen LogP contribution is 2.30. The van der Waals surface area contributed by atoms with Crippen molar-refractivity contribution < 1.29 is 9.72 Å². The first-order chi connectivity index (χ1) is 9.04. The molecule has 0 bridgehead atoms. The number of nitro groups is 1. The van der Waals surface area contributed by atoms with Gasteiger partial charge in [0, 0.05) is 24.7 Å². The normalized spacial score (nSPS) is 13.9. The lowest BCUT2D eigenvalue weighted by atomic mass is 10.1. The van der Waals surface area contributed by atoms with E-state index in [0.717, 1.165) is 12.8 Å². The number of halogens is 1. The number of nitro benzene ring substituents is 1. The molecule has 1 aliphatic rings. The largest absolute Gasteiger partial charge is 0.332 e. The Morgan fingerprint density at radius 1 is 1.58 bits per heavy atom. The van der Waals surface area contributed by atoms with Crippen LogP contribution >= 0.6 is 11.6 Å². The van der Waals surface area contributed by atoms with Crippen molar-refractivity contribution >= 4 is 23.2 Å². The van der Waals surface area contributed by atoms with Gasteiger partial charge in [-0.15, -0.1) is 6.58 Å². The van der Waals surface area contributed by atoms with Crippen LogP contribution in [0.4, 0.5) is 5.69 Å². The van der Waals surface area contributed by atoms with Gasteiger partial charge in [0.1, 0.15) is 0 Å². The van der Waals surface area contributed by atoms with Crippen LogP contribution in [0.15, 0.2) is 30.9 Å². The average molecular weight is 281 g/mol. The minimum absolute atomic E-state index is 0.105. The monoisotopic (exact) mass is 280 g/mol. The second-order valence-corrected chi connectivity index (χ2v) is 4.81. The van der Waals surface area contributed by atoms with Crippen LogP contribution in [0.25, 0.3) is 0 Å². The second kappa shape index (κ2) is 5.40. The molecule has 0 saturated heterocycles. The van der Waals surface area contributed by atoms with Crippen molar-refractivity contribution in [2.45, 2.75) is 18.9 Å². The highest BCUT2D eigenvalue weighted by atomic mass is 35.5. The summed E-state index contributed by atoms with van der Waals surface area (Å²) in [6, 6.07) is 4.13. The summed E-state index contributed by atoms with van der Waals surface area (Å²) in [5, 5.41) is 10.7. The molecule has 0 unspecified atom stereocenters. The van der Waals surface area contributed by atoms with E-state index in [1.165, 1.54) is 18.2 Å². The standard InChI is InChI=1S/C13H13ClN2O3/c1-2-7-15(9-3-4-9)13(17)11-6-5-10(16(18)19)8-12(11)14/h2,5-6,8-9H,1,3-4,7H2. The van der Waals surface area contributed by atoms with Gasteiger partial charge in [-0.2, -0.15) is 0 Å². The number of rotatable bonds is 5. The van der Waals surface area contributed by atoms with Gasteiger partial charge < -0.3 is 4.90 Å². The number of carbonyl (C=O) groups is 1. The molecular weight excluding hydrogens is 268 g/mol. The third-order valence-electron chi connectivity index (χ3n) is 2.97. The van der Waals surface area contributed by atoms with Crippen LogP contribution in [0.3, 0.4) is 0 Å². The molecule has 0 radical (unpaired) electrons. The molecule has 0 aliphatic heterocycles. The highest BCUT2D eigenvalue weighted by molar-refractivity contribution is 6.34. The van der Waals surface area contributed by atoms with Gasteiger partial charge in [0.2, 0.25) is 0 Å². The number of benzene rings is 1. The lowest BCUT2D eigenvalue weighted by molar-refractivity contribution is -0.384. The molecule has 1 saturated carbocycles. The van der Waals surface area contributed by atoms with E-state index in [1.54, 1.807) is 11.0 Å². The summed E-state index contributed by atoms with van der Waals surface area (Å²) >= 11 is 5.96. The molecule has 100 valence electrons. The Labute approximate surface area is 115 Å². The Hall–Kier alpha value is -1.88. The van der Waals surface area contributed by atoms with E-state index in [-0.39, 0.29) is 22.7 Å². The number of nitrogens with zero attached hydrogens (tertiary/aromatic N) is 2. The van der Waals surface area contributed by atoms with Gasteiger partial charge in [0.25, 0.3) is 11.6 Å². The fourth-order valence-electron chi connectivity index (χ4n) is 1.87. The fourth-order valence-corrected chi connectivity index (χ4v) is 2.12. The molecule has 19 heavy (non-hydrogen) atoms.